The number of nitrogens with one attached hydrogen (secondary N) is 1. The van der Waals surface area contributed by atoms with Crippen LogP contribution in [0.1, 0.15) is 41.0 Å². The summed E-state index contributed by atoms with van der Waals surface area (Å²) in [7, 11) is 0. The zero-order chi connectivity index (χ0) is 10.3. The Balaban J connectivity index is 3.34. The largest absolute Gasteiger partial charge is 0.314 e. The van der Waals surface area contributed by atoms with Crippen molar-refractivity contribution in [2.45, 2.75) is 52.3 Å². The average molecular weight is 203 g/mol. The molecule has 2 unspecified atom stereocenters. The van der Waals surface area contributed by atoms with E-state index in [-0.39, 0.29) is 0 Å². The van der Waals surface area contributed by atoms with E-state index in [4.69, 9.17) is 0 Å². The summed E-state index contributed by atoms with van der Waals surface area (Å²) in [5.74, 6) is 2.08. The molecule has 1 N–H and O–H groups in total. The van der Waals surface area contributed by atoms with Crippen molar-refractivity contribution in [3.8, 4) is 0 Å². The summed E-state index contributed by atoms with van der Waals surface area (Å²) in [5, 5.41) is 4.29. The molecule has 0 saturated carbocycles. The molecular formula is C11H25NS. The second-order valence-electron chi connectivity index (χ2n) is 4.22. The molecule has 0 spiro atoms. The molecule has 0 aliphatic heterocycles. The third-order valence-corrected chi connectivity index (χ3v) is 3.78. The van der Waals surface area contributed by atoms with E-state index in [2.05, 4.69) is 51.7 Å². The summed E-state index contributed by atoms with van der Waals surface area (Å²) in [6, 6.07) is 0.621. The summed E-state index contributed by atoms with van der Waals surface area (Å²) < 4.78 is 0. The predicted molar refractivity (Wildman–Crippen MR) is 64.5 cm³/mol. The van der Waals surface area contributed by atoms with Crippen molar-refractivity contribution in [1.82, 2.24) is 5.32 Å². The number of thioether (sulfide) groups is 1. The van der Waals surface area contributed by atoms with Crippen LogP contribution in [0, 0.1) is 5.92 Å². The van der Waals surface area contributed by atoms with Gasteiger partial charge in [0.25, 0.3) is 0 Å². The number of hydrogen-bond donors (Lipinski definition) is 1. The molecule has 0 saturated heterocycles. The van der Waals surface area contributed by atoms with E-state index in [1.165, 1.54) is 12.2 Å². The average Bonchev–Trinajstić information content (AvgIpc) is 2.10. The minimum atomic E-state index is 0.621. The van der Waals surface area contributed by atoms with Crippen molar-refractivity contribution in [2.24, 2.45) is 5.92 Å². The van der Waals surface area contributed by atoms with Crippen LogP contribution in [0.3, 0.4) is 0 Å². The molecule has 0 amide bonds. The van der Waals surface area contributed by atoms with Gasteiger partial charge >= 0.3 is 0 Å². The van der Waals surface area contributed by atoms with E-state index in [9.17, 15) is 0 Å². The molecule has 0 heterocycles. The second-order valence-corrected chi connectivity index (χ2v) is 5.69. The van der Waals surface area contributed by atoms with Crippen molar-refractivity contribution in [3.63, 3.8) is 0 Å². The topological polar surface area (TPSA) is 12.0 Å². The molecule has 0 aliphatic rings. The first-order valence-electron chi connectivity index (χ1n) is 5.41. The highest BCUT2D eigenvalue weighted by molar-refractivity contribution is 7.99. The van der Waals surface area contributed by atoms with Gasteiger partial charge < -0.3 is 5.32 Å². The lowest BCUT2D eigenvalue weighted by Crippen LogP contribution is -2.28. The van der Waals surface area contributed by atoms with Gasteiger partial charge in [-0.2, -0.15) is 11.8 Å². The van der Waals surface area contributed by atoms with Gasteiger partial charge in [-0.15, -0.1) is 0 Å². The SMILES string of the molecule is CCC(C)SCC(C)CNC(C)C. The van der Waals surface area contributed by atoms with E-state index in [0.717, 1.165) is 17.7 Å². The highest BCUT2D eigenvalue weighted by Crippen LogP contribution is 2.16. The molecule has 0 bridgehead atoms. The van der Waals surface area contributed by atoms with Gasteiger partial charge in [-0.25, -0.2) is 0 Å². The van der Waals surface area contributed by atoms with Crippen molar-refractivity contribution in [3.05, 3.63) is 0 Å². The van der Waals surface area contributed by atoms with Crippen LogP contribution < -0.4 is 5.32 Å². The number of hydrogen-bond acceptors (Lipinski definition) is 2. The maximum atomic E-state index is 3.47. The minimum absolute atomic E-state index is 0.621. The molecule has 80 valence electrons. The van der Waals surface area contributed by atoms with Crippen LogP contribution in [0.4, 0.5) is 0 Å². The molecule has 0 radical (unpaired) electrons. The van der Waals surface area contributed by atoms with Crippen LogP contribution >= 0.6 is 11.8 Å². The Morgan fingerprint density at radius 2 is 1.77 bits per heavy atom. The van der Waals surface area contributed by atoms with Crippen molar-refractivity contribution in [1.29, 1.82) is 0 Å². The van der Waals surface area contributed by atoms with Crippen LogP contribution in [0.15, 0.2) is 0 Å². The first-order chi connectivity index (χ1) is 6.06. The highest BCUT2D eigenvalue weighted by atomic mass is 32.2. The zero-order valence-corrected chi connectivity index (χ0v) is 10.6. The summed E-state index contributed by atoms with van der Waals surface area (Å²) in [6.45, 7) is 12.5. The van der Waals surface area contributed by atoms with Crippen molar-refractivity contribution < 1.29 is 0 Å². The molecule has 0 fully saturated rings. The van der Waals surface area contributed by atoms with Gasteiger partial charge in [-0.3, -0.25) is 0 Å². The monoisotopic (exact) mass is 203 g/mol. The van der Waals surface area contributed by atoms with Gasteiger partial charge in [0.15, 0.2) is 0 Å². The van der Waals surface area contributed by atoms with Gasteiger partial charge in [0.05, 0.1) is 0 Å². The minimum Gasteiger partial charge on any atom is -0.314 e. The van der Waals surface area contributed by atoms with Crippen LogP contribution in [-0.2, 0) is 0 Å². The Morgan fingerprint density at radius 1 is 1.15 bits per heavy atom. The molecular weight excluding hydrogens is 178 g/mol. The maximum absolute atomic E-state index is 3.47. The molecule has 1 nitrogen and oxygen atoms in total. The molecule has 0 aromatic rings. The standard InChI is InChI=1S/C11H25NS/c1-6-11(5)13-8-10(4)7-12-9(2)3/h9-12H,6-8H2,1-5H3. The number of rotatable bonds is 7. The predicted octanol–water partition coefficient (Wildman–Crippen LogP) is 3.15. The Kier molecular flexibility index (Phi) is 7.87. The van der Waals surface area contributed by atoms with E-state index in [1.54, 1.807) is 0 Å². The molecule has 2 heteroatoms. The van der Waals surface area contributed by atoms with Crippen molar-refractivity contribution in [2.75, 3.05) is 12.3 Å². The first kappa shape index (κ1) is 13.3. The summed E-state index contributed by atoms with van der Waals surface area (Å²) in [6.07, 6.45) is 1.29. The quantitative estimate of drug-likeness (QED) is 0.682. The zero-order valence-electron chi connectivity index (χ0n) is 9.76. The Hall–Kier alpha value is 0.310. The van der Waals surface area contributed by atoms with Gasteiger partial charge in [0, 0.05) is 11.3 Å². The molecule has 0 aromatic heterocycles. The van der Waals surface area contributed by atoms with Crippen LogP contribution in [-0.4, -0.2) is 23.6 Å². The van der Waals surface area contributed by atoms with Crippen LogP contribution in [0.25, 0.3) is 0 Å². The fraction of sp³-hybridized carbons (Fsp3) is 1.00. The fourth-order valence-corrected chi connectivity index (χ4v) is 1.95. The van der Waals surface area contributed by atoms with E-state index < -0.39 is 0 Å². The first-order valence-corrected chi connectivity index (χ1v) is 6.46. The summed E-state index contributed by atoms with van der Waals surface area (Å²) in [5.41, 5.74) is 0. The third-order valence-electron chi connectivity index (χ3n) is 2.11. The van der Waals surface area contributed by atoms with Gasteiger partial charge in [0.1, 0.15) is 0 Å². The lowest BCUT2D eigenvalue weighted by atomic mass is 10.2. The molecule has 0 rings (SSSR count). The summed E-state index contributed by atoms with van der Waals surface area (Å²) >= 11 is 2.10. The van der Waals surface area contributed by atoms with E-state index in [0.29, 0.717) is 6.04 Å². The summed E-state index contributed by atoms with van der Waals surface area (Å²) in [4.78, 5) is 0. The van der Waals surface area contributed by atoms with Gasteiger partial charge in [-0.1, -0.05) is 34.6 Å². The van der Waals surface area contributed by atoms with Gasteiger partial charge in [-0.05, 0) is 24.6 Å². The fourth-order valence-electron chi connectivity index (χ4n) is 0.942. The molecule has 13 heavy (non-hydrogen) atoms. The highest BCUT2D eigenvalue weighted by Gasteiger charge is 2.05. The lowest BCUT2D eigenvalue weighted by Gasteiger charge is -2.16. The van der Waals surface area contributed by atoms with Crippen LogP contribution in [0.5, 0.6) is 0 Å². The maximum Gasteiger partial charge on any atom is 0.00162 e. The normalized spacial score (nSPS) is 16.2. The Labute approximate surface area is 88.1 Å². The molecule has 0 aromatic carbocycles. The second kappa shape index (κ2) is 7.69. The molecule has 2 atom stereocenters. The van der Waals surface area contributed by atoms with Crippen molar-refractivity contribution >= 4 is 11.8 Å². The van der Waals surface area contributed by atoms with Crippen LogP contribution in [0.2, 0.25) is 0 Å². The van der Waals surface area contributed by atoms with E-state index >= 15 is 0 Å². The lowest BCUT2D eigenvalue weighted by molar-refractivity contribution is 0.509. The Morgan fingerprint density at radius 3 is 2.23 bits per heavy atom. The smallest absolute Gasteiger partial charge is 0.00162 e. The molecule has 0 aliphatic carbocycles. The van der Waals surface area contributed by atoms with E-state index in [1.807, 2.05) is 0 Å². The Bertz CT molecular complexity index is 115. The third kappa shape index (κ3) is 8.63. The van der Waals surface area contributed by atoms with Gasteiger partial charge in [0.2, 0.25) is 0 Å².